The fourth-order valence-electron chi connectivity index (χ4n) is 3.80. The van der Waals surface area contributed by atoms with Crippen molar-refractivity contribution in [2.24, 2.45) is 0 Å². The van der Waals surface area contributed by atoms with Gasteiger partial charge in [0.25, 0.3) is 0 Å². The van der Waals surface area contributed by atoms with Crippen LogP contribution in [0.1, 0.15) is 23.7 Å². The van der Waals surface area contributed by atoms with Crippen molar-refractivity contribution in [3.63, 3.8) is 0 Å². The van der Waals surface area contributed by atoms with E-state index in [9.17, 15) is 4.39 Å². The highest BCUT2D eigenvalue weighted by Crippen LogP contribution is 2.29. The molecule has 3 heterocycles. The van der Waals surface area contributed by atoms with E-state index >= 15 is 0 Å². The second kappa shape index (κ2) is 10.1. The van der Waals surface area contributed by atoms with Crippen LogP contribution in [-0.2, 0) is 9.59 Å². The molecule has 4 rings (SSSR count). The van der Waals surface area contributed by atoms with Crippen molar-refractivity contribution in [2.75, 3.05) is 29.4 Å². The van der Waals surface area contributed by atoms with Gasteiger partial charge in [-0.15, -0.1) is 10.2 Å². The summed E-state index contributed by atoms with van der Waals surface area (Å²) in [6.07, 6.45) is 3.90. The number of aryl methyl sites for hydroxylation is 1. The first-order valence-electron chi connectivity index (χ1n) is 10.2. The molecule has 1 atom stereocenters. The van der Waals surface area contributed by atoms with Crippen LogP contribution in [0.5, 0.6) is 0 Å². The summed E-state index contributed by atoms with van der Waals surface area (Å²) >= 11 is 0. The molecule has 0 amide bonds. The van der Waals surface area contributed by atoms with Gasteiger partial charge in [-0.3, -0.25) is 4.98 Å². The summed E-state index contributed by atoms with van der Waals surface area (Å²) in [5.41, 5.74) is 4.77. The van der Waals surface area contributed by atoms with Crippen LogP contribution in [0, 0.1) is 26.6 Å². The first kappa shape index (κ1) is 23.0. The topological polar surface area (TPSA) is 92.2 Å². The third kappa shape index (κ3) is 4.95. The minimum atomic E-state index is -0.252. The van der Waals surface area contributed by atoms with E-state index < -0.39 is 0 Å². The van der Waals surface area contributed by atoms with Gasteiger partial charge in [-0.25, -0.2) is 9.37 Å². The Kier molecular flexibility index (Phi) is 7.22. The van der Waals surface area contributed by atoms with Gasteiger partial charge >= 0.3 is 6.15 Å². The van der Waals surface area contributed by atoms with Crippen LogP contribution in [0.25, 0.3) is 11.3 Å². The van der Waals surface area contributed by atoms with Crippen molar-refractivity contribution >= 4 is 17.8 Å². The van der Waals surface area contributed by atoms with Gasteiger partial charge in [-0.1, -0.05) is 0 Å². The van der Waals surface area contributed by atoms with Crippen molar-refractivity contribution in [2.45, 2.75) is 33.7 Å². The van der Waals surface area contributed by atoms with E-state index in [1.165, 1.54) is 12.1 Å². The van der Waals surface area contributed by atoms with E-state index in [1.54, 1.807) is 12.1 Å². The lowest BCUT2D eigenvalue weighted by molar-refractivity contribution is -0.191. The molecular weight excluding hydrogens is 411 g/mol. The Morgan fingerprint density at radius 2 is 1.66 bits per heavy atom. The molecule has 9 heteroatoms. The molecule has 2 aromatic heterocycles. The highest BCUT2D eigenvalue weighted by molar-refractivity contribution is 5.67. The summed E-state index contributed by atoms with van der Waals surface area (Å²) in [7, 11) is 0. The maximum Gasteiger partial charge on any atom is 0.373 e. The predicted octanol–water partition coefficient (Wildman–Crippen LogP) is 3.13. The molecule has 1 aliphatic heterocycles. The summed E-state index contributed by atoms with van der Waals surface area (Å²) in [4.78, 5) is 29.7. The third-order valence-electron chi connectivity index (χ3n) is 5.60. The number of aromatic nitrogens is 4. The van der Waals surface area contributed by atoms with Crippen molar-refractivity contribution in [3.05, 3.63) is 59.3 Å². The van der Waals surface area contributed by atoms with Crippen LogP contribution in [0.15, 0.2) is 36.7 Å². The molecule has 0 aliphatic carbocycles. The van der Waals surface area contributed by atoms with Crippen molar-refractivity contribution in [1.29, 1.82) is 0 Å². The first-order valence-corrected chi connectivity index (χ1v) is 10.2. The first-order chi connectivity index (χ1) is 15.3. The van der Waals surface area contributed by atoms with Crippen LogP contribution < -0.4 is 9.80 Å². The number of rotatable bonds is 3. The number of benzene rings is 1. The lowest BCUT2D eigenvalue weighted by Gasteiger charge is -2.41. The van der Waals surface area contributed by atoms with E-state index in [-0.39, 0.29) is 18.0 Å². The SMILES string of the molecule is Cc1cnc(N2CCN(c3nnc(-c4ccc(F)cc4)c(C)c3C)C[C@H]2C)cn1.O=C=O. The predicted molar refractivity (Wildman–Crippen MR) is 118 cm³/mol. The van der Waals surface area contributed by atoms with E-state index in [4.69, 9.17) is 9.59 Å². The van der Waals surface area contributed by atoms with Crippen LogP contribution in [0.3, 0.4) is 0 Å². The van der Waals surface area contributed by atoms with E-state index in [0.717, 1.165) is 59.3 Å². The fourth-order valence-corrected chi connectivity index (χ4v) is 3.80. The summed E-state index contributed by atoms with van der Waals surface area (Å²) in [5, 5.41) is 9.02. The van der Waals surface area contributed by atoms with Crippen LogP contribution in [-0.4, -0.2) is 52.0 Å². The number of hydrogen-bond acceptors (Lipinski definition) is 8. The lowest BCUT2D eigenvalue weighted by atomic mass is 10.0. The molecule has 0 saturated carbocycles. The number of hydrogen-bond donors (Lipinski definition) is 0. The van der Waals surface area contributed by atoms with Crippen molar-refractivity contribution in [1.82, 2.24) is 20.2 Å². The molecule has 8 nitrogen and oxygen atoms in total. The molecule has 0 spiro atoms. The maximum atomic E-state index is 13.2. The molecule has 0 N–H and O–H groups in total. The van der Waals surface area contributed by atoms with Gasteiger partial charge < -0.3 is 9.80 Å². The molecule has 1 aromatic carbocycles. The minimum absolute atomic E-state index is 0.250. The number of piperazine rings is 1. The summed E-state index contributed by atoms with van der Waals surface area (Å²) in [6.45, 7) is 10.8. The molecule has 0 unspecified atom stereocenters. The van der Waals surface area contributed by atoms with Gasteiger partial charge in [0.1, 0.15) is 11.6 Å². The van der Waals surface area contributed by atoms with Gasteiger partial charge in [0.2, 0.25) is 0 Å². The highest BCUT2D eigenvalue weighted by atomic mass is 19.1. The Hall–Kier alpha value is -3.71. The standard InChI is InChI=1S/C22H25FN6.CO2/c1-14-11-25-20(12-24-14)29-10-9-28(13-15(29)2)22-17(4)16(3)21(26-27-22)18-5-7-19(23)8-6-18;2-1-3/h5-8,11-12,15H,9-10,13H2,1-4H3;/t15-;/m1./s1. The zero-order valence-corrected chi connectivity index (χ0v) is 18.5. The second-order valence-electron chi connectivity index (χ2n) is 7.72. The zero-order chi connectivity index (χ0) is 23.3. The Morgan fingerprint density at radius 3 is 2.25 bits per heavy atom. The Bertz CT molecular complexity index is 1100. The quantitative estimate of drug-likeness (QED) is 0.618. The van der Waals surface area contributed by atoms with E-state index in [2.05, 4.69) is 43.8 Å². The zero-order valence-electron chi connectivity index (χ0n) is 18.5. The third-order valence-corrected chi connectivity index (χ3v) is 5.60. The van der Waals surface area contributed by atoms with Gasteiger partial charge in [0, 0.05) is 31.2 Å². The normalized spacial score (nSPS) is 15.6. The van der Waals surface area contributed by atoms with Gasteiger partial charge in [0.05, 0.1) is 23.8 Å². The Labute approximate surface area is 186 Å². The number of carbonyl (C=O) groups excluding carboxylic acids is 2. The van der Waals surface area contributed by atoms with Crippen molar-refractivity contribution in [3.8, 4) is 11.3 Å². The molecule has 0 bridgehead atoms. The number of nitrogens with zero attached hydrogens (tertiary/aromatic N) is 6. The number of halogens is 1. The monoisotopic (exact) mass is 436 g/mol. The molecule has 1 aliphatic rings. The van der Waals surface area contributed by atoms with Crippen molar-refractivity contribution < 1.29 is 14.0 Å². The summed E-state index contributed by atoms with van der Waals surface area (Å²) in [5.74, 6) is 1.57. The van der Waals surface area contributed by atoms with E-state index in [0.29, 0.717) is 0 Å². The molecule has 1 saturated heterocycles. The largest absolute Gasteiger partial charge is 0.373 e. The number of anilines is 2. The molecule has 32 heavy (non-hydrogen) atoms. The molecule has 1 fully saturated rings. The molecule has 3 aromatic rings. The Morgan fingerprint density at radius 1 is 0.969 bits per heavy atom. The maximum absolute atomic E-state index is 13.2. The van der Waals surface area contributed by atoms with Gasteiger partial charge in [0.15, 0.2) is 5.82 Å². The lowest BCUT2D eigenvalue weighted by Crippen LogP contribution is -2.53. The van der Waals surface area contributed by atoms with Gasteiger partial charge in [-0.05, 0) is 63.1 Å². The summed E-state index contributed by atoms with van der Waals surface area (Å²) < 4.78 is 13.2. The minimum Gasteiger partial charge on any atom is -0.351 e. The average molecular weight is 436 g/mol. The molecule has 166 valence electrons. The van der Waals surface area contributed by atoms with E-state index in [1.807, 2.05) is 26.2 Å². The van der Waals surface area contributed by atoms with Crippen LogP contribution in [0.2, 0.25) is 0 Å². The average Bonchev–Trinajstić information content (AvgIpc) is 2.78. The van der Waals surface area contributed by atoms with Crippen LogP contribution in [0.4, 0.5) is 16.0 Å². The fraction of sp³-hybridized carbons (Fsp3) is 0.348. The van der Waals surface area contributed by atoms with Crippen LogP contribution >= 0.6 is 0 Å². The summed E-state index contributed by atoms with van der Waals surface area (Å²) in [6, 6.07) is 6.67. The molecule has 0 radical (unpaired) electrons. The smallest absolute Gasteiger partial charge is 0.351 e. The highest BCUT2D eigenvalue weighted by Gasteiger charge is 2.27. The molecular formula is C23H25FN6O2. The Balaban J connectivity index is 0.000000913. The second-order valence-corrected chi connectivity index (χ2v) is 7.72. The van der Waals surface area contributed by atoms with Gasteiger partial charge in [-0.2, -0.15) is 9.59 Å².